The lowest BCUT2D eigenvalue weighted by Crippen LogP contribution is -2.23. The second-order valence-electron chi connectivity index (χ2n) is 7.26. The van der Waals surface area contributed by atoms with Crippen LogP contribution in [0.3, 0.4) is 0 Å². The van der Waals surface area contributed by atoms with Crippen LogP contribution in [0, 0.1) is 6.54 Å². The molecule has 1 saturated heterocycles. The number of likely N-dealkylation sites (tertiary alicyclic amines) is 1. The molecule has 0 spiro atoms. The van der Waals surface area contributed by atoms with Crippen molar-refractivity contribution in [1.29, 1.82) is 0 Å². The maximum atomic E-state index is 11.8. The third kappa shape index (κ3) is 11.1. The molecule has 1 unspecified atom stereocenters. The minimum absolute atomic E-state index is 0.00145. The van der Waals surface area contributed by atoms with Crippen molar-refractivity contribution >= 4 is 5.97 Å². The van der Waals surface area contributed by atoms with Gasteiger partial charge in [0.1, 0.15) is 6.10 Å². The first-order valence-electron chi connectivity index (χ1n) is 10.5. The van der Waals surface area contributed by atoms with Gasteiger partial charge in [0.05, 0.1) is 0 Å². The Balaban J connectivity index is 1.81. The summed E-state index contributed by atoms with van der Waals surface area (Å²) >= 11 is 0. The number of likely N-dealkylation sites (N-methyl/N-ethyl adjacent to an activating group) is 1. The second kappa shape index (κ2) is 14.7. The highest BCUT2D eigenvalue weighted by Gasteiger charge is 2.24. The molecule has 141 valence electrons. The third-order valence-electron chi connectivity index (χ3n) is 5.00. The fraction of sp³-hybridized carbons (Fsp3) is 0.905. The van der Waals surface area contributed by atoms with Crippen molar-refractivity contribution in [2.45, 2.75) is 110 Å². The number of carbonyl (C=O) groups excluding carboxylic acids is 1. The molecule has 0 aromatic heterocycles. The molecule has 1 atom stereocenters. The first-order chi connectivity index (χ1) is 11.8. The molecular formula is C21H40NO2. The van der Waals surface area contributed by atoms with E-state index in [1.54, 1.807) is 0 Å². The monoisotopic (exact) mass is 338 g/mol. The van der Waals surface area contributed by atoms with E-state index in [2.05, 4.69) is 25.3 Å². The van der Waals surface area contributed by atoms with E-state index in [1.807, 2.05) is 0 Å². The maximum absolute atomic E-state index is 11.8. The molecule has 1 rings (SSSR count). The van der Waals surface area contributed by atoms with E-state index in [0.717, 1.165) is 25.9 Å². The van der Waals surface area contributed by atoms with Crippen molar-refractivity contribution < 1.29 is 9.53 Å². The molecule has 1 radical (unpaired) electrons. The van der Waals surface area contributed by atoms with E-state index >= 15 is 0 Å². The molecule has 1 fully saturated rings. The van der Waals surface area contributed by atoms with Crippen LogP contribution in [0.4, 0.5) is 0 Å². The van der Waals surface area contributed by atoms with Crippen molar-refractivity contribution in [3.05, 3.63) is 6.54 Å². The maximum Gasteiger partial charge on any atom is 0.306 e. The molecular weight excluding hydrogens is 298 g/mol. The number of unbranched alkanes of at least 4 members (excludes halogenated alkanes) is 11. The number of ether oxygens (including phenoxy) is 1. The van der Waals surface area contributed by atoms with Crippen molar-refractivity contribution in [1.82, 2.24) is 4.90 Å². The Bertz CT molecular complexity index is 306. The van der Waals surface area contributed by atoms with Crippen LogP contribution >= 0.6 is 0 Å². The molecule has 0 bridgehead atoms. The Kier molecular flexibility index (Phi) is 13.2. The smallest absolute Gasteiger partial charge is 0.306 e. The highest BCUT2D eigenvalue weighted by Crippen LogP contribution is 2.17. The molecule has 1 aliphatic heterocycles. The summed E-state index contributed by atoms with van der Waals surface area (Å²) in [4.78, 5) is 14.0. The highest BCUT2D eigenvalue weighted by atomic mass is 16.5. The first kappa shape index (κ1) is 21.5. The lowest BCUT2D eigenvalue weighted by molar-refractivity contribution is -0.148. The quantitative estimate of drug-likeness (QED) is 0.276. The van der Waals surface area contributed by atoms with Crippen LogP contribution in [0.2, 0.25) is 0 Å². The van der Waals surface area contributed by atoms with Gasteiger partial charge in [0, 0.05) is 25.9 Å². The molecule has 1 heterocycles. The predicted molar refractivity (Wildman–Crippen MR) is 102 cm³/mol. The average molecular weight is 339 g/mol. The van der Waals surface area contributed by atoms with E-state index in [0.29, 0.717) is 6.42 Å². The number of hydrogen-bond acceptors (Lipinski definition) is 3. The van der Waals surface area contributed by atoms with E-state index in [9.17, 15) is 4.79 Å². The average Bonchev–Trinajstić information content (AvgIpc) is 3.03. The lowest BCUT2D eigenvalue weighted by Gasteiger charge is -2.13. The Morgan fingerprint density at radius 1 is 0.917 bits per heavy atom. The lowest BCUT2D eigenvalue weighted by atomic mass is 10.0. The van der Waals surface area contributed by atoms with Gasteiger partial charge in [0.2, 0.25) is 0 Å². The van der Waals surface area contributed by atoms with Crippen molar-refractivity contribution in [3.8, 4) is 0 Å². The molecule has 3 nitrogen and oxygen atoms in total. The molecule has 1 aliphatic rings. The van der Waals surface area contributed by atoms with Gasteiger partial charge in [-0.25, -0.2) is 0 Å². The molecule has 3 heteroatoms. The molecule has 0 aromatic carbocycles. The zero-order valence-electron chi connectivity index (χ0n) is 16.2. The van der Waals surface area contributed by atoms with Gasteiger partial charge in [0.25, 0.3) is 0 Å². The van der Waals surface area contributed by atoms with Crippen LogP contribution in [0.1, 0.15) is 104 Å². The van der Waals surface area contributed by atoms with Crippen LogP contribution in [0.25, 0.3) is 0 Å². The van der Waals surface area contributed by atoms with Crippen molar-refractivity contribution in [3.63, 3.8) is 0 Å². The second-order valence-corrected chi connectivity index (χ2v) is 7.26. The summed E-state index contributed by atoms with van der Waals surface area (Å²) in [5.41, 5.74) is 0. The summed E-state index contributed by atoms with van der Waals surface area (Å²) in [6.07, 6.45) is 17.5. The number of hydrogen-bond donors (Lipinski definition) is 0. The largest absolute Gasteiger partial charge is 0.461 e. The Morgan fingerprint density at radius 3 is 1.96 bits per heavy atom. The van der Waals surface area contributed by atoms with Gasteiger partial charge in [-0.1, -0.05) is 84.5 Å². The molecule has 0 aromatic rings. The fourth-order valence-corrected chi connectivity index (χ4v) is 3.38. The van der Waals surface area contributed by atoms with Crippen LogP contribution < -0.4 is 0 Å². The van der Waals surface area contributed by atoms with Gasteiger partial charge in [0.15, 0.2) is 0 Å². The standard InChI is InChI=1S/C21H40NO2/c1-3-5-6-7-8-9-10-11-12-13-14-15-16-21(23)24-20-17-18-22(4-2)19-20/h18,20H,3-17,19H2,1-2H3. The molecule has 0 aliphatic carbocycles. The summed E-state index contributed by atoms with van der Waals surface area (Å²) < 4.78 is 5.53. The summed E-state index contributed by atoms with van der Waals surface area (Å²) in [5.74, 6) is -0.00145. The summed E-state index contributed by atoms with van der Waals surface area (Å²) in [7, 11) is 0. The Hall–Kier alpha value is -0.570. The first-order valence-corrected chi connectivity index (χ1v) is 10.5. The normalized spacial score (nSPS) is 18.2. The number of rotatable bonds is 15. The zero-order chi connectivity index (χ0) is 17.5. The predicted octanol–water partition coefficient (Wildman–Crippen LogP) is 5.88. The molecule has 0 N–H and O–H groups in total. The van der Waals surface area contributed by atoms with Gasteiger partial charge in [-0.3, -0.25) is 9.69 Å². The molecule has 0 amide bonds. The Morgan fingerprint density at radius 2 is 1.46 bits per heavy atom. The minimum Gasteiger partial charge on any atom is -0.461 e. The third-order valence-corrected chi connectivity index (χ3v) is 5.00. The topological polar surface area (TPSA) is 29.5 Å². The van der Waals surface area contributed by atoms with Crippen molar-refractivity contribution in [2.24, 2.45) is 0 Å². The van der Waals surface area contributed by atoms with Gasteiger partial charge < -0.3 is 4.74 Å². The van der Waals surface area contributed by atoms with Crippen LogP contribution in [0.15, 0.2) is 0 Å². The Labute approximate surface area is 150 Å². The fourth-order valence-electron chi connectivity index (χ4n) is 3.38. The number of nitrogens with zero attached hydrogens (tertiary/aromatic N) is 1. The van der Waals surface area contributed by atoms with Gasteiger partial charge >= 0.3 is 5.97 Å². The molecule has 24 heavy (non-hydrogen) atoms. The van der Waals surface area contributed by atoms with Gasteiger partial charge in [-0.15, -0.1) is 0 Å². The minimum atomic E-state index is -0.00145. The number of esters is 1. The summed E-state index contributed by atoms with van der Waals surface area (Å²) in [6, 6.07) is 0. The SMILES string of the molecule is CCCCCCCCCCCCCCC(=O)OC1C[CH]N(CC)C1. The number of carbonyl (C=O) groups is 1. The van der Waals surface area contributed by atoms with Crippen LogP contribution in [-0.4, -0.2) is 30.1 Å². The van der Waals surface area contributed by atoms with Gasteiger partial charge in [-0.05, 0) is 13.0 Å². The zero-order valence-corrected chi connectivity index (χ0v) is 16.2. The van der Waals surface area contributed by atoms with E-state index in [-0.39, 0.29) is 12.1 Å². The summed E-state index contributed by atoms with van der Waals surface area (Å²) in [5, 5.41) is 0. The van der Waals surface area contributed by atoms with E-state index < -0.39 is 0 Å². The summed E-state index contributed by atoms with van der Waals surface area (Å²) in [6.45, 7) is 8.44. The van der Waals surface area contributed by atoms with Crippen molar-refractivity contribution in [2.75, 3.05) is 13.1 Å². The molecule has 0 saturated carbocycles. The van der Waals surface area contributed by atoms with Gasteiger partial charge in [-0.2, -0.15) is 0 Å². The van der Waals surface area contributed by atoms with E-state index in [4.69, 9.17) is 4.74 Å². The van der Waals surface area contributed by atoms with E-state index in [1.165, 1.54) is 70.6 Å². The highest BCUT2D eigenvalue weighted by molar-refractivity contribution is 5.69. The van der Waals surface area contributed by atoms with Crippen LogP contribution in [0.5, 0.6) is 0 Å². The van der Waals surface area contributed by atoms with Crippen LogP contribution in [-0.2, 0) is 9.53 Å².